The van der Waals surface area contributed by atoms with Crippen LogP contribution in [0.15, 0.2) is 46.0 Å². The van der Waals surface area contributed by atoms with E-state index in [1.807, 2.05) is 13.0 Å². The molecule has 1 saturated heterocycles. The number of nitrogens with zero attached hydrogens (tertiary/aromatic N) is 5. The number of rotatable bonds is 7. The van der Waals surface area contributed by atoms with Gasteiger partial charge >= 0.3 is 11.1 Å². The second-order valence-electron chi connectivity index (χ2n) is 10.8. The van der Waals surface area contributed by atoms with E-state index in [2.05, 4.69) is 40.0 Å². The summed E-state index contributed by atoms with van der Waals surface area (Å²) in [5.74, 6) is -1.38. The van der Waals surface area contributed by atoms with Crippen molar-refractivity contribution in [2.75, 3.05) is 52.3 Å². The summed E-state index contributed by atoms with van der Waals surface area (Å²) in [7, 11) is 4.25. The molecule has 16 heteroatoms. The number of hydrogen-bond acceptors (Lipinski definition) is 10. The summed E-state index contributed by atoms with van der Waals surface area (Å²) in [5.41, 5.74) is 2.67. The Morgan fingerprint density at radius 1 is 0.854 bits per heavy atom. The van der Waals surface area contributed by atoms with Gasteiger partial charge in [-0.2, -0.15) is 0 Å². The molecule has 0 atom stereocenters. The van der Waals surface area contributed by atoms with E-state index in [0.29, 0.717) is 34.4 Å². The fraction of sp³-hybridized carbons (Fsp3) is 0.312. The van der Waals surface area contributed by atoms with E-state index >= 15 is 4.39 Å². The van der Waals surface area contributed by atoms with Gasteiger partial charge < -0.3 is 29.7 Å². The smallest absolute Gasteiger partial charge is 0.311 e. The molecule has 0 saturated carbocycles. The van der Waals surface area contributed by atoms with Crippen LogP contribution in [0.2, 0.25) is 0 Å². The van der Waals surface area contributed by atoms with Crippen molar-refractivity contribution >= 4 is 45.3 Å². The van der Waals surface area contributed by atoms with Gasteiger partial charge in [0.25, 0.3) is 17.7 Å². The number of ether oxygens (including phenoxy) is 2. The molecular weight excluding hydrogens is 650 g/mol. The molecule has 0 spiro atoms. The Morgan fingerprint density at radius 2 is 1.40 bits per heavy atom. The number of hydrogen-bond donors (Lipinski definition) is 3. The standard InChI is InChI=1S/C22H25FN6O3.C10H8ClFN2O2/c1-13-17(7-6-16(25-13)20(30)24-2)29-10-8-28(9-11-29)12-14-4-5-15-19(18(14)23)27-21(31)22(26-15)32-3;1-16-10-9(15)14-8-6(13-10)3-2-5(4-11)7(8)12/h4-7H,8-12H2,1-3H3,(H,24,30)(H,27,31);2-3H,4H2,1H3,(H,14,15). The van der Waals surface area contributed by atoms with Crippen molar-refractivity contribution in [3.8, 4) is 11.8 Å². The molecule has 0 radical (unpaired) electrons. The number of H-pyrrole nitrogens is 2. The van der Waals surface area contributed by atoms with Gasteiger partial charge in [0.2, 0.25) is 0 Å². The van der Waals surface area contributed by atoms with E-state index in [1.165, 1.54) is 20.3 Å². The molecule has 1 amide bonds. The number of pyridine rings is 1. The van der Waals surface area contributed by atoms with Gasteiger partial charge in [-0.15, -0.1) is 11.6 Å². The number of aromatic amines is 2. The highest BCUT2D eigenvalue weighted by molar-refractivity contribution is 6.17. The van der Waals surface area contributed by atoms with Gasteiger partial charge in [-0.1, -0.05) is 12.1 Å². The van der Waals surface area contributed by atoms with Crippen LogP contribution in [0.3, 0.4) is 0 Å². The molecule has 0 aliphatic carbocycles. The predicted octanol–water partition coefficient (Wildman–Crippen LogP) is 3.27. The molecule has 2 aromatic carbocycles. The van der Waals surface area contributed by atoms with Crippen LogP contribution >= 0.6 is 11.6 Å². The number of aromatic nitrogens is 5. The van der Waals surface area contributed by atoms with Crippen LogP contribution in [0.4, 0.5) is 14.5 Å². The van der Waals surface area contributed by atoms with Crippen LogP contribution in [0, 0.1) is 18.6 Å². The Hall–Kier alpha value is -5.15. The zero-order valence-corrected chi connectivity index (χ0v) is 27.4. The number of carbonyl (C=O) groups excluding carboxylic acids is 1. The zero-order valence-electron chi connectivity index (χ0n) is 26.6. The SMILES string of the molecule is CNC(=O)c1ccc(N2CCN(Cc3ccc4nc(OC)c(=O)[nH]c4c3F)CC2)c(C)n1.COc1nc2ccc(CCl)c(F)c2[nH]c1=O. The maximum atomic E-state index is 15.0. The van der Waals surface area contributed by atoms with Gasteiger partial charge in [-0.25, -0.2) is 23.7 Å². The zero-order chi connectivity index (χ0) is 34.5. The summed E-state index contributed by atoms with van der Waals surface area (Å²) < 4.78 is 38.4. The number of alkyl halides is 1. The number of aryl methyl sites for hydroxylation is 1. The van der Waals surface area contributed by atoms with Crippen LogP contribution in [0.1, 0.15) is 27.3 Å². The van der Waals surface area contributed by atoms with Crippen molar-refractivity contribution in [2.45, 2.75) is 19.3 Å². The van der Waals surface area contributed by atoms with Gasteiger partial charge in [0.15, 0.2) is 11.6 Å². The monoisotopic (exact) mass is 682 g/mol. The van der Waals surface area contributed by atoms with Gasteiger partial charge in [-0.05, 0) is 31.2 Å². The second-order valence-corrected chi connectivity index (χ2v) is 11.1. The van der Waals surface area contributed by atoms with Gasteiger partial charge in [0.05, 0.1) is 42.5 Å². The summed E-state index contributed by atoms with van der Waals surface area (Å²) >= 11 is 5.55. The average molecular weight is 683 g/mol. The van der Waals surface area contributed by atoms with Gasteiger partial charge in [0.1, 0.15) is 16.7 Å². The van der Waals surface area contributed by atoms with E-state index in [1.54, 1.807) is 31.3 Å². The topological polar surface area (TPSA) is 158 Å². The highest BCUT2D eigenvalue weighted by Crippen LogP contribution is 2.24. The Labute approximate surface area is 277 Å². The number of amides is 1. The number of benzene rings is 2. The minimum absolute atomic E-state index is 0.0375. The molecule has 13 nitrogen and oxygen atoms in total. The largest absolute Gasteiger partial charge is 0.477 e. The molecule has 3 N–H and O–H groups in total. The number of carbonyl (C=O) groups is 1. The summed E-state index contributed by atoms with van der Waals surface area (Å²) in [4.78, 5) is 56.7. The van der Waals surface area contributed by atoms with E-state index in [-0.39, 0.29) is 34.6 Å². The first kappa shape index (κ1) is 34.2. The molecule has 48 heavy (non-hydrogen) atoms. The quantitative estimate of drug-likeness (QED) is 0.218. The molecule has 0 bridgehead atoms. The van der Waals surface area contributed by atoms with E-state index in [0.717, 1.165) is 37.6 Å². The van der Waals surface area contributed by atoms with Crippen molar-refractivity contribution in [3.05, 3.63) is 91.3 Å². The Kier molecular flexibility index (Phi) is 10.5. The van der Waals surface area contributed by atoms with Crippen LogP contribution in [-0.2, 0) is 12.4 Å². The number of methoxy groups -OCH3 is 2. The molecule has 1 fully saturated rings. The molecule has 0 unspecified atom stereocenters. The highest BCUT2D eigenvalue weighted by atomic mass is 35.5. The lowest BCUT2D eigenvalue weighted by molar-refractivity contribution is 0.0958. The number of nitrogens with one attached hydrogen (secondary N) is 3. The van der Waals surface area contributed by atoms with Gasteiger partial charge in [0, 0.05) is 50.9 Å². The van der Waals surface area contributed by atoms with Crippen LogP contribution in [-0.4, -0.2) is 83.2 Å². The lowest BCUT2D eigenvalue weighted by Gasteiger charge is -2.36. The molecule has 4 heterocycles. The Balaban J connectivity index is 0.000000236. The number of halogens is 3. The molecule has 1 aliphatic rings. The Morgan fingerprint density at radius 3 is 1.90 bits per heavy atom. The van der Waals surface area contributed by atoms with E-state index < -0.39 is 22.8 Å². The van der Waals surface area contributed by atoms with Crippen molar-refractivity contribution < 1.29 is 23.0 Å². The van der Waals surface area contributed by atoms with E-state index in [9.17, 15) is 18.8 Å². The fourth-order valence-electron chi connectivity index (χ4n) is 5.33. The number of piperazine rings is 1. The molecule has 3 aromatic heterocycles. The lowest BCUT2D eigenvalue weighted by Crippen LogP contribution is -2.46. The number of anilines is 1. The number of fused-ring (bicyclic) bond motifs is 2. The summed E-state index contributed by atoms with van der Waals surface area (Å²) in [6.07, 6.45) is 0. The third-order valence-electron chi connectivity index (χ3n) is 7.86. The third-order valence-corrected chi connectivity index (χ3v) is 8.15. The molecule has 1 aliphatic heterocycles. The average Bonchev–Trinajstić information content (AvgIpc) is 3.10. The van der Waals surface area contributed by atoms with Gasteiger partial charge in [-0.3, -0.25) is 19.3 Å². The highest BCUT2D eigenvalue weighted by Gasteiger charge is 2.22. The summed E-state index contributed by atoms with van der Waals surface area (Å²) in [5, 5.41) is 2.58. The lowest BCUT2D eigenvalue weighted by atomic mass is 10.1. The maximum absolute atomic E-state index is 15.0. The second kappa shape index (κ2) is 14.7. The van der Waals surface area contributed by atoms with Crippen LogP contribution in [0.25, 0.3) is 22.1 Å². The minimum atomic E-state index is -0.569. The van der Waals surface area contributed by atoms with Crippen LogP contribution < -0.4 is 30.8 Å². The van der Waals surface area contributed by atoms with Crippen molar-refractivity contribution in [1.82, 2.24) is 35.1 Å². The summed E-state index contributed by atoms with van der Waals surface area (Å²) in [6, 6.07) is 10.1. The molecule has 5 aromatic rings. The Bertz CT molecular complexity index is 2100. The van der Waals surface area contributed by atoms with Crippen LogP contribution in [0.5, 0.6) is 11.8 Å². The van der Waals surface area contributed by atoms with Crippen molar-refractivity contribution in [1.29, 1.82) is 0 Å². The normalized spacial score (nSPS) is 13.3. The minimum Gasteiger partial charge on any atom is -0.477 e. The molecule has 252 valence electrons. The summed E-state index contributed by atoms with van der Waals surface area (Å²) in [6.45, 7) is 5.31. The predicted molar refractivity (Wildman–Crippen MR) is 177 cm³/mol. The first-order valence-electron chi connectivity index (χ1n) is 14.8. The fourth-order valence-corrected chi connectivity index (χ4v) is 5.54. The third kappa shape index (κ3) is 7.06. The molecular formula is C32H33ClF2N8O5. The van der Waals surface area contributed by atoms with Crippen molar-refractivity contribution in [2.24, 2.45) is 0 Å². The first-order chi connectivity index (χ1) is 23.1. The maximum Gasteiger partial charge on any atom is 0.311 e. The van der Waals surface area contributed by atoms with E-state index in [4.69, 9.17) is 21.1 Å². The first-order valence-corrected chi connectivity index (χ1v) is 15.4. The van der Waals surface area contributed by atoms with Crippen molar-refractivity contribution in [3.63, 3.8) is 0 Å². The molecule has 6 rings (SSSR count).